The van der Waals surface area contributed by atoms with Crippen molar-refractivity contribution in [1.29, 1.82) is 0 Å². The maximum Gasteiger partial charge on any atom is 0.237 e. The van der Waals surface area contributed by atoms with Crippen LogP contribution in [0.5, 0.6) is 5.75 Å². The number of nitrogens with zero attached hydrogens (tertiary/aromatic N) is 2. The van der Waals surface area contributed by atoms with Gasteiger partial charge in [0.05, 0.1) is 19.1 Å². The Morgan fingerprint density at radius 2 is 1.92 bits per heavy atom. The molecule has 0 saturated carbocycles. The van der Waals surface area contributed by atoms with Gasteiger partial charge >= 0.3 is 0 Å². The Hall–Kier alpha value is -2.08. The average molecular weight is 347 g/mol. The van der Waals surface area contributed by atoms with Gasteiger partial charge in [0.1, 0.15) is 5.75 Å². The molecule has 0 bridgehead atoms. The first-order valence-corrected chi connectivity index (χ1v) is 9.10. The lowest BCUT2D eigenvalue weighted by molar-refractivity contribution is -0.138. The molecule has 0 radical (unpaired) electrons. The Morgan fingerprint density at radius 3 is 2.52 bits per heavy atom. The molecule has 2 rings (SSSR count). The Balaban J connectivity index is 2.05. The minimum absolute atomic E-state index is 0.0312. The third-order valence-corrected chi connectivity index (χ3v) is 4.55. The fourth-order valence-corrected chi connectivity index (χ4v) is 3.14. The molecule has 1 atom stereocenters. The molecule has 6 nitrogen and oxygen atoms in total. The van der Waals surface area contributed by atoms with Crippen LogP contribution in [0.3, 0.4) is 0 Å². The first-order chi connectivity index (χ1) is 12.1. The van der Waals surface area contributed by atoms with Crippen molar-refractivity contribution in [2.24, 2.45) is 0 Å². The number of rotatable bonds is 8. The lowest BCUT2D eigenvalue weighted by Crippen LogP contribution is -2.56. The van der Waals surface area contributed by atoms with E-state index in [-0.39, 0.29) is 18.2 Å². The van der Waals surface area contributed by atoms with Crippen LogP contribution in [0.1, 0.15) is 32.8 Å². The molecule has 6 heteroatoms. The van der Waals surface area contributed by atoms with Crippen molar-refractivity contribution in [3.8, 4) is 5.75 Å². The Kier molecular flexibility index (Phi) is 7.25. The number of benzene rings is 1. The number of carbonyl (C=O) groups excluding carboxylic acids is 2. The van der Waals surface area contributed by atoms with Gasteiger partial charge in [-0.25, -0.2) is 0 Å². The molecule has 1 aromatic carbocycles. The molecule has 0 spiro atoms. The summed E-state index contributed by atoms with van der Waals surface area (Å²) in [6.45, 7) is 9.86. The predicted octanol–water partition coefficient (Wildman–Crippen LogP) is 1.64. The van der Waals surface area contributed by atoms with E-state index in [1.54, 1.807) is 4.90 Å². The molecule has 1 aliphatic rings. The van der Waals surface area contributed by atoms with Crippen molar-refractivity contribution >= 4 is 11.8 Å². The summed E-state index contributed by atoms with van der Waals surface area (Å²) in [6, 6.07) is 7.51. The average Bonchev–Trinajstić information content (AvgIpc) is 2.61. The number of piperazine rings is 1. The predicted molar refractivity (Wildman–Crippen MR) is 97.4 cm³/mol. The molecule has 0 aromatic heterocycles. The van der Waals surface area contributed by atoms with Crippen molar-refractivity contribution < 1.29 is 14.3 Å². The fraction of sp³-hybridized carbons (Fsp3) is 0.579. The van der Waals surface area contributed by atoms with E-state index in [2.05, 4.69) is 10.2 Å². The second kappa shape index (κ2) is 9.42. The van der Waals surface area contributed by atoms with Gasteiger partial charge in [-0.1, -0.05) is 12.1 Å². The summed E-state index contributed by atoms with van der Waals surface area (Å²) >= 11 is 0. The van der Waals surface area contributed by atoms with Crippen molar-refractivity contribution in [3.63, 3.8) is 0 Å². The first-order valence-electron chi connectivity index (χ1n) is 9.10. The molecular formula is C19H29N3O3. The zero-order valence-electron chi connectivity index (χ0n) is 15.5. The highest BCUT2D eigenvalue weighted by atomic mass is 16.5. The standard InChI is InChI=1S/C19H29N3O3/c1-4-21(5-2)18(23)13-17-19(24)20-11-12-22(17)14-15-7-9-16(10-8-15)25-6-3/h7-10,17H,4-6,11-14H2,1-3H3,(H,20,24). The van der Waals surface area contributed by atoms with Crippen LogP contribution in [-0.4, -0.2) is 60.4 Å². The van der Waals surface area contributed by atoms with Gasteiger partial charge in [0.25, 0.3) is 0 Å². The van der Waals surface area contributed by atoms with Gasteiger partial charge < -0.3 is 15.0 Å². The largest absolute Gasteiger partial charge is 0.494 e. The number of hydrogen-bond donors (Lipinski definition) is 1. The highest BCUT2D eigenvalue weighted by Crippen LogP contribution is 2.18. The monoisotopic (exact) mass is 347 g/mol. The minimum atomic E-state index is -0.409. The second-order valence-electron chi connectivity index (χ2n) is 6.12. The Morgan fingerprint density at radius 1 is 1.24 bits per heavy atom. The molecule has 138 valence electrons. The third kappa shape index (κ3) is 5.19. The van der Waals surface area contributed by atoms with Gasteiger partial charge in [0.2, 0.25) is 11.8 Å². The molecule has 1 aliphatic heterocycles. The van der Waals surface area contributed by atoms with Gasteiger partial charge in [0, 0.05) is 32.7 Å². The lowest BCUT2D eigenvalue weighted by Gasteiger charge is -2.35. The molecular weight excluding hydrogens is 318 g/mol. The minimum Gasteiger partial charge on any atom is -0.494 e. The lowest BCUT2D eigenvalue weighted by atomic mass is 10.1. The van der Waals surface area contributed by atoms with Gasteiger partial charge in [-0.3, -0.25) is 14.5 Å². The zero-order chi connectivity index (χ0) is 18.2. The summed E-state index contributed by atoms with van der Waals surface area (Å²) in [4.78, 5) is 28.6. The summed E-state index contributed by atoms with van der Waals surface area (Å²) in [6.07, 6.45) is 0.227. The topological polar surface area (TPSA) is 61.9 Å². The molecule has 1 unspecified atom stereocenters. The van der Waals surface area contributed by atoms with Crippen LogP contribution < -0.4 is 10.1 Å². The molecule has 25 heavy (non-hydrogen) atoms. The number of hydrogen-bond acceptors (Lipinski definition) is 4. The van der Waals surface area contributed by atoms with E-state index in [0.717, 1.165) is 17.9 Å². The van der Waals surface area contributed by atoms with E-state index in [1.807, 2.05) is 45.0 Å². The van der Waals surface area contributed by atoms with Crippen molar-refractivity contribution in [3.05, 3.63) is 29.8 Å². The van der Waals surface area contributed by atoms with Crippen LogP contribution in [-0.2, 0) is 16.1 Å². The molecule has 1 heterocycles. The summed E-state index contributed by atoms with van der Waals surface area (Å²) in [5.41, 5.74) is 1.11. The first kappa shape index (κ1) is 19.2. The van der Waals surface area contributed by atoms with Gasteiger partial charge in [-0.15, -0.1) is 0 Å². The van der Waals surface area contributed by atoms with E-state index in [1.165, 1.54) is 0 Å². The number of nitrogens with one attached hydrogen (secondary N) is 1. The summed E-state index contributed by atoms with van der Waals surface area (Å²) in [7, 11) is 0. The molecule has 1 N–H and O–H groups in total. The van der Waals surface area contributed by atoms with Crippen molar-refractivity contribution in [2.75, 3.05) is 32.8 Å². The van der Waals surface area contributed by atoms with Crippen LogP contribution in [0.4, 0.5) is 0 Å². The zero-order valence-corrected chi connectivity index (χ0v) is 15.5. The highest BCUT2D eigenvalue weighted by Gasteiger charge is 2.32. The fourth-order valence-electron chi connectivity index (χ4n) is 3.14. The molecule has 1 aromatic rings. The summed E-state index contributed by atoms with van der Waals surface area (Å²) < 4.78 is 5.46. The summed E-state index contributed by atoms with van der Waals surface area (Å²) in [5.74, 6) is 0.817. The summed E-state index contributed by atoms with van der Waals surface area (Å²) in [5, 5.41) is 2.88. The SMILES string of the molecule is CCOc1ccc(CN2CCNC(=O)C2CC(=O)N(CC)CC)cc1. The van der Waals surface area contributed by atoms with E-state index >= 15 is 0 Å². The molecule has 0 aliphatic carbocycles. The maximum absolute atomic E-state index is 12.4. The smallest absolute Gasteiger partial charge is 0.237 e. The van der Waals surface area contributed by atoms with E-state index in [9.17, 15) is 9.59 Å². The van der Waals surface area contributed by atoms with Crippen LogP contribution in [0.2, 0.25) is 0 Å². The van der Waals surface area contributed by atoms with Gasteiger partial charge in [-0.05, 0) is 38.5 Å². The van der Waals surface area contributed by atoms with Crippen LogP contribution in [0.15, 0.2) is 24.3 Å². The third-order valence-electron chi connectivity index (χ3n) is 4.55. The quantitative estimate of drug-likeness (QED) is 0.777. The van der Waals surface area contributed by atoms with Crippen LogP contribution in [0.25, 0.3) is 0 Å². The van der Waals surface area contributed by atoms with Crippen LogP contribution in [0, 0.1) is 0 Å². The number of ether oxygens (including phenoxy) is 1. The van der Waals surface area contributed by atoms with Crippen molar-refractivity contribution in [1.82, 2.24) is 15.1 Å². The van der Waals surface area contributed by atoms with Crippen molar-refractivity contribution in [2.45, 2.75) is 39.8 Å². The van der Waals surface area contributed by atoms with E-state index in [0.29, 0.717) is 32.8 Å². The second-order valence-corrected chi connectivity index (χ2v) is 6.12. The molecule has 2 amide bonds. The Bertz CT molecular complexity index is 570. The maximum atomic E-state index is 12.4. The highest BCUT2D eigenvalue weighted by molar-refractivity contribution is 5.88. The normalized spacial score (nSPS) is 17.9. The molecule has 1 fully saturated rings. The number of carbonyl (C=O) groups is 2. The van der Waals surface area contributed by atoms with E-state index in [4.69, 9.17) is 4.74 Å². The van der Waals surface area contributed by atoms with Crippen LogP contribution >= 0.6 is 0 Å². The molecule has 1 saturated heterocycles. The number of amides is 2. The Labute approximate surface area is 150 Å². The van der Waals surface area contributed by atoms with E-state index < -0.39 is 6.04 Å². The van der Waals surface area contributed by atoms with Gasteiger partial charge in [-0.2, -0.15) is 0 Å². The van der Waals surface area contributed by atoms with Gasteiger partial charge in [0.15, 0.2) is 0 Å².